The van der Waals surface area contributed by atoms with Gasteiger partial charge < -0.3 is 15.1 Å². The van der Waals surface area contributed by atoms with E-state index in [1.54, 1.807) is 18.6 Å². The van der Waals surface area contributed by atoms with Crippen LogP contribution < -0.4 is 16.6 Å². The smallest absolute Gasteiger partial charge is 0.183 e. The van der Waals surface area contributed by atoms with Crippen molar-refractivity contribution >= 4 is 17.3 Å². The quantitative estimate of drug-likeness (QED) is 0.360. The van der Waals surface area contributed by atoms with Crippen molar-refractivity contribution in [2.24, 2.45) is 5.84 Å². The average molecular weight is 349 g/mol. The highest BCUT2D eigenvalue weighted by Gasteiger charge is 2.10. The summed E-state index contributed by atoms with van der Waals surface area (Å²) in [6.07, 6.45) is 11.1. The van der Waals surface area contributed by atoms with E-state index in [-0.39, 0.29) is 0 Å². The number of nitrogens with two attached hydrogens (primary N) is 1. The molecule has 132 valence electrons. The SMILES string of the molecule is CCn1cc(-c2cnc(NN)c(NCc3ccc4nccn4c3)n2)cn1. The molecule has 0 radical (unpaired) electrons. The van der Waals surface area contributed by atoms with Gasteiger partial charge in [0.2, 0.25) is 0 Å². The number of imidazole rings is 1. The maximum atomic E-state index is 5.57. The molecule has 9 nitrogen and oxygen atoms in total. The number of pyridine rings is 1. The normalized spacial score (nSPS) is 11.0. The summed E-state index contributed by atoms with van der Waals surface area (Å²) in [4.78, 5) is 13.2. The fraction of sp³-hybridized carbons (Fsp3) is 0.176. The maximum absolute atomic E-state index is 5.57. The first-order valence-electron chi connectivity index (χ1n) is 8.29. The fourth-order valence-electron chi connectivity index (χ4n) is 2.68. The first-order valence-corrected chi connectivity index (χ1v) is 8.29. The van der Waals surface area contributed by atoms with Gasteiger partial charge in [-0.1, -0.05) is 6.07 Å². The van der Waals surface area contributed by atoms with Gasteiger partial charge in [-0.2, -0.15) is 5.10 Å². The standard InChI is InChI=1S/C17H19N9/c1-2-26-11-13(8-22-26)14-9-21-17(24-18)16(23-14)20-7-12-3-4-15-19-5-6-25(15)10-12/h3-6,8-11H,2,7,18H2,1H3,(H,20,23)(H,21,24). The number of aryl methyl sites for hydroxylation is 1. The van der Waals surface area contributed by atoms with E-state index in [0.29, 0.717) is 18.2 Å². The van der Waals surface area contributed by atoms with Gasteiger partial charge in [0.05, 0.1) is 18.1 Å². The van der Waals surface area contributed by atoms with Gasteiger partial charge in [0.1, 0.15) is 5.65 Å². The van der Waals surface area contributed by atoms with Gasteiger partial charge in [-0.05, 0) is 18.6 Å². The Morgan fingerprint density at radius 3 is 2.85 bits per heavy atom. The molecule has 0 atom stereocenters. The summed E-state index contributed by atoms with van der Waals surface area (Å²) >= 11 is 0. The van der Waals surface area contributed by atoms with Gasteiger partial charge in [-0.15, -0.1) is 0 Å². The Balaban J connectivity index is 1.58. The number of fused-ring (bicyclic) bond motifs is 1. The van der Waals surface area contributed by atoms with Gasteiger partial charge in [0.25, 0.3) is 0 Å². The van der Waals surface area contributed by atoms with Crippen LogP contribution >= 0.6 is 0 Å². The summed E-state index contributed by atoms with van der Waals surface area (Å²) in [6.45, 7) is 3.42. The average Bonchev–Trinajstić information content (AvgIpc) is 3.34. The van der Waals surface area contributed by atoms with E-state index < -0.39 is 0 Å². The summed E-state index contributed by atoms with van der Waals surface area (Å²) in [5, 5.41) is 7.57. The van der Waals surface area contributed by atoms with Gasteiger partial charge in [0, 0.05) is 43.4 Å². The summed E-state index contributed by atoms with van der Waals surface area (Å²) < 4.78 is 3.82. The first-order chi connectivity index (χ1) is 12.8. The van der Waals surface area contributed by atoms with Crippen molar-refractivity contribution < 1.29 is 0 Å². The number of nitrogens with one attached hydrogen (secondary N) is 2. The third-order valence-corrected chi connectivity index (χ3v) is 4.07. The molecule has 4 heterocycles. The third kappa shape index (κ3) is 3.07. The second-order valence-corrected chi connectivity index (χ2v) is 5.77. The molecule has 0 amide bonds. The van der Waals surface area contributed by atoms with E-state index in [1.807, 2.05) is 46.7 Å². The lowest BCUT2D eigenvalue weighted by Gasteiger charge is -2.11. The first kappa shape index (κ1) is 16.0. The lowest BCUT2D eigenvalue weighted by Crippen LogP contribution is -2.13. The third-order valence-electron chi connectivity index (χ3n) is 4.07. The molecule has 0 spiro atoms. The minimum Gasteiger partial charge on any atom is -0.363 e. The molecular weight excluding hydrogens is 330 g/mol. The number of rotatable bonds is 6. The van der Waals surface area contributed by atoms with E-state index in [1.165, 1.54) is 0 Å². The summed E-state index contributed by atoms with van der Waals surface area (Å²) in [5.41, 5.74) is 6.22. The monoisotopic (exact) mass is 349 g/mol. The van der Waals surface area contributed by atoms with E-state index >= 15 is 0 Å². The highest BCUT2D eigenvalue weighted by molar-refractivity contribution is 5.65. The van der Waals surface area contributed by atoms with E-state index in [2.05, 4.69) is 30.8 Å². The van der Waals surface area contributed by atoms with E-state index in [4.69, 9.17) is 5.84 Å². The van der Waals surface area contributed by atoms with Crippen molar-refractivity contribution in [3.05, 3.63) is 54.9 Å². The predicted octanol–water partition coefficient (Wildman–Crippen LogP) is 1.91. The zero-order valence-electron chi connectivity index (χ0n) is 14.3. The number of nitrogen functional groups attached to an aromatic ring is 1. The Labute approximate surface area is 149 Å². The van der Waals surface area contributed by atoms with Crippen molar-refractivity contribution in [1.82, 2.24) is 29.1 Å². The van der Waals surface area contributed by atoms with Crippen LogP contribution in [0.15, 0.2) is 49.3 Å². The van der Waals surface area contributed by atoms with Crippen LogP contribution in [0.25, 0.3) is 16.9 Å². The molecule has 4 aromatic heterocycles. The molecule has 0 aliphatic carbocycles. The molecule has 26 heavy (non-hydrogen) atoms. The second kappa shape index (κ2) is 6.81. The van der Waals surface area contributed by atoms with Gasteiger partial charge in [-0.25, -0.2) is 20.8 Å². The number of hydrazine groups is 1. The largest absolute Gasteiger partial charge is 0.363 e. The van der Waals surface area contributed by atoms with Crippen LogP contribution in [0.1, 0.15) is 12.5 Å². The molecule has 0 saturated carbocycles. The van der Waals surface area contributed by atoms with Crippen molar-refractivity contribution in [2.75, 3.05) is 10.7 Å². The van der Waals surface area contributed by atoms with Crippen LogP contribution in [0.5, 0.6) is 0 Å². The maximum Gasteiger partial charge on any atom is 0.183 e. The Hall–Kier alpha value is -3.46. The zero-order valence-corrected chi connectivity index (χ0v) is 14.3. The molecule has 0 saturated heterocycles. The molecule has 0 aliphatic rings. The summed E-state index contributed by atoms with van der Waals surface area (Å²) in [7, 11) is 0. The zero-order chi connectivity index (χ0) is 17.9. The highest BCUT2D eigenvalue weighted by atomic mass is 15.3. The second-order valence-electron chi connectivity index (χ2n) is 5.77. The van der Waals surface area contributed by atoms with E-state index in [0.717, 1.165) is 29.0 Å². The van der Waals surface area contributed by atoms with Crippen LogP contribution in [-0.2, 0) is 13.1 Å². The van der Waals surface area contributed by atoms with Gasteiger partial charge in [-0.3, -0.25) is 4.68 Å². The predicted molar refractivity (Wildman–Crippen MR) is 99.3 cm³/mol. The Bertz CT molecular complexity index is 1030. The molecule has 4 N–H and O–H groups in total. The minimum atomic E-state index is 0.486. The number of aromatic nitrogens is 6. The lowest BCUT2D eigenvalue weighted by molar-refractivity contribution is 0.660. The molecule has 0 bridgehead atoms. The summed E-state index contributed by atoms with van der Waals surface area (Å²) in [6, 6.07) is 3.99. The van der Waals surface area contributed by atoms with Crippen molar-refractivity contribution in [1.29, 1.82) is 0 Å². The molecule has 0 fully saturated rings. The molecule has 9 heteroatoms. The van der Waals surface area contributed by atoms with Gasteiger partial charge >= 0.3 is 0 Å². The number of anilines is 2. The van der Waals surface area contributed by atoms with Crippen LogP contribution in [0.2, 0.25) is 0 Å². The number of hydrogen-bond donors (Lipinski definition) is 3. The van der Waals surface area contributed by atoms with Crippen molar-refractivity contribution in [3.63, 3.8) is 0 Å². The van der Waals surface area contributed by atoms with Gasteiger partial charge in [0.15, 0.2) is 11.6 Å². The van der Waals surface area contributed by atoms with Crippen LogP contribution in [0.3, 0.4) is 0 Å². The van der Waals surface area contributed by atoms with Crippen LogP contribution in [-0.4, -0.2) is 29.1 Å². The molecule has 4 aromatic rings. The molecule has 0 unspecified atom stereocenters. The van der Waals surface area contributed by atoms with Crippen LogP contribution in [0.4, 0.5) is 11.6 Å². The molecule has 0 aliphatic heterocycles. The molecular formula is C17H19N9. The van der Waals surface area contributed by atoms with Crippen molar-refractivity contribution in [3.8, 4) is 11.3 Å². The Kier molecular flexibility index (Phi) is 4.20. The number of nitrogens with zero attached hydrogens (tertiary/aromatic N) is 6. The topological polar surface area (TPSA) is 111 Å². The lowest BCUT2D eigenvalue weighted by atomic mass is 10.2. The summed E-state index contributed by atoms with van der Waals surface area (Å²) in [5.74, 6) is 6.64. The molecule has 4 rings (SSSR count). The minimum absolute atomic E-state index is 0.486. The number of hydrogen-bond acceptors (Lipinski definition) is 7. The van der Waals surface area contributed by atoms with Crippen molar-refractivity contribution in [2.45, 2.75) is 20.0 Å². The Morgan fingerprint density at radius 2 is 2.04 bits per heavy atom. The Morgan fingerprint density at radius 1 is 1.12 bits per heavy atom. The molecule has 0 aromatic carbocycles. The fourth-order valence-corrected chi connectivity index (χ4v) is 2.68. The van der Waals surface area contributed by atoms with E-state index in [9.17, 15) is 0 Å². The highest BCUT2D eigenvalue weighted by Crippen LogP contribution is 2.22. The van der Waals surface area contributed by atoms with Crippen LogP contribution in [0, 0.1) is 0 Å².